The SMILES string of the molecule is O=C(O)c1ccc2oc(-c3ccoc3Cl)nc2c1. The molecule has 0 atom stereocenters. The molecule has 2 aromatic heterocycles. The number of oxazole rings is 1. The first-order chi connectivity index (χ1) is 8.65. The number of carbonyl (C=O) groups is 1. The summed E-state index contributed by atoms with van der Waals surface area (Å²) in [6, 6.07) is 6.09. The van der Waals surface area contributed by atoms with E-state index < -0.39 is 5.97 Å². The molecule has 0 aliphatic carbocycles. The van der Waals surface area contributed by atoms with E-state index in [0.29, 0.717) is 22.6 Å². The van der Waals surface area contributed by atoms with Crippen LogP contribution in [-0.2, 0) is 0 Å². The van der Waals surface area contributed by atoms with Crippen molar-refractivity contribution in [3.8, 4) is 11.5 Å². The van der Waals surface area contributed by atoms with Crippen molar-refractivity contribution in [3.63, 3.8) is 0 Å². The molecule has 0 saturated carbocycles. The Balaban J connectivity index is 2.17. The zero-order valence-electron chi connectivity index (χ0n) is 8.88. The van der Waals surface area contributed by atoms with E-state index in [4.69, 9.17) is 25.5 Å². The first kappa shape index (κ1) is 10.9. The first-order valence-corrected chi connectivity index (χ1v) is 5.40. The second-order valence-electron chi connectivity index (χ2n) is 3.61. The molecule has 0 spiro atoms. The average Bonchev–Trinajstić information content (AvgIpc) is 2.92. The summed E-state index contributed by atoms with van der Waals surface area (Å²) in [5.74, 6) is -0.714. The molecule has 0 amide bonds. The Morgan fingerprint density at radius 1 is 1.33 bits per heavy atom. The minimum absolute atomic E-state index is 0.153. The van der Waals surface area contributed by atoms with Crippen LogP contribution in [0.2, 0.25) is 5.22 Å². The lowest BCUT2D eigenvalue weighted by Gasteiger charge is -1.91. The van der Waals surface area contributed by atoms with Gasteiger partial charge in [-0.3, -0.25) is 0 Å². The topological polar surface area (TPSA) is 76.5 Å². The summed E-state index contributed by atoms with van der Waals surface area (Å²) in [6.07, 6.45) is 1.43. The van der Waals surface area contributed by atoms with Crippen molar-refractivity contribution in [2.75, 3.05) is 0 Å². The highest BCUT2D eigenvalue weighted by Gasteiger charge is 2.14. The molecule has 0 bridgehead atoms. The lowest BCUT2D eigenvalue weighted by atomic mass is 10.2. The molecule has 0 aliphatic heterocycles. The van der Waals surface area contributed by atoms with Crippen molar-refractivity contribution in [2.24, 2.45) is 0 Å². The number of halogens is 1. The van der Waals surface area contributed by atoms with Gasteiger partial charge in [0.25, 0.3) is 0 Å². The molecule has 2 heterocycles. The highest BCUT2D eigenvalue weighted by atomic mass is 35.5. The van der Waals surface area contributed by atoms with Crippen molar-refractivity contribution < 1.29 is 18.7 Å². The first-order valence-electron chi connectivity index (χ1n) is 5.02. The monoisotopic (exact) mass is 263 g/mol. The number of benzene rings is 1. The summed E-state index contributed by atoms with van der Waals surface area (Å²) in [4.78, 5) is 15.0. The van der Waals surface area contributed by atoms with Gasteiger partial charge in [0.15, 0.2) is 5.58 Å². The van der Waals surface area contributed by atoms with E-state index in [1.165, 1.54) is 18.4 Å². The molecule has 3 rings (SSSR count). The van der Waals surface area contributed by atoms with Gasteiger partial charge < -0.3 is 13.9 Å². The van der Waals surface area contributed by atoms with Crippen LogP contribution in [0.4, 0.5) is 0 Å². The van der Waals surface area contributed by atoms with Crippen LogP contribution < -0.4 is 0 Å². The van der Waals surface area contributed by atoms with E-state index in [9.17, 15) is 4.79 Å². The fraction of sp³-hybridized carbons (Fsp3) is 0. The van der Waals surface area contributed by atoms with Crippen LogP contribution in [0.5, 0.6) is 0 Å². The highest BCUT2D eigenvalue weighted by molar-refractivity contribution is 6.31. The Labute approximate surface area is 106 Å². The number of fused-ring (bicyclic) bond motifs is 1. The van der Waals surface area contributed by atoms with E-state index in [2.05, 4.69) is 4.98 Å². The third-order valence-corrected chi connectivity index (χ3v) is 2.78. The van der Waals surface area contributed by atoms with E-state index in [1.807, 2.05) is 0 Å². The molecule has 3 aromatic rings. The highest BCUT2D eigenvalue weighted by Crippen LogP contribution is 2.30. The van der Waals surface area contributed by atoms with Crippen LogP contribution in [0, 0.1) is 0 Å². The van der Waals surface area contributed by atoms with E-state index in [0.717, 1.165) is 0 Å². The van der Waals surface area contributed by atoms with Crippen molar-refractivity contribution in [1.29, 1.82) is 0 Å². The molecule has 18 heavy (non-hydrogen) atoms. The maximum atomic E-state index is 10.8. The molecule has 90 valence electrons. The molecule has 0 saturated heterocycles. The van der Waals surface area contributed by atoms with Crippen molar-refractivity contribution in [1.82, 2.24) is 4.98 Å². The maximum Gasteiger partial charge on any atom is 0.335 e. The summed E-state index contributed by atoms with van der Waals surface area (Å²) >= 11 is 5.82. The molecule has 6 heteroatoms. The van der Waals surface area contributed by atoms with E-state index >= 15 is 0 Å². The molecule has 0 radical (unpaired) electrons. The van der Waals surface area contributed by atoms with Gasteiger partial charge in [0, 0.05) is 0 Å². The third-order valence-electron chi connectivity index (χ3n) is 2.48. The van der Waals surface area contributed by atoms with Crippen LogP contribution in [-0.4, -0.2) is 16.1 Å². The second kappa shape index (κ2) is 3.89. The number of carboxylic acids is 1. The maximum absolute atomic E-state index is 10.8. The molecule has 1 N–H and O–H groups in total. The quantitative estimate of drug-likeness (QED) is 0.766. The molecule has 0 unspecified atom stereocenters. The molecule has 5 nitrogen and oxygen atoms in total. The number of hydrogen-bond acceptors (Lipinski definition) is 4. The minimum atomic E-state index is -1.01. The van der Waals surface area contributed by atoms with Crippen molar-refractivity contribution >= 4 is 28.7 Å². The van der Waals surface area contributed by atoms with Gasteiger partial charge >= 0.3 is 5.97 Å². The van der Waals surface area contributed by atoms with Crippen LogP contribution in [0.1, 0.15) is 10.4 Å². The summed E-state index contributed by atoms with van der Waals surface area (Å²) in [5, 5.41) is 9.07. The third kappa shape index (κ3) is 1.65. The van der Waals surface area contributed by atoms with Crippen molar-refractivity contribution in [3.05, 3.63) is 41.3 Å². The van der Waals surface area contributed by atoms with Gasteiger partial charge in [0.2, 0.25) is 11.1 Å². The molecular weight excluding hydrogens is 258 g/mol. The van der Waals surface area contributed by atoms with Gasteiger partial charge in [-0.2, -0.15) is 0 Å². The number of aromatic carboxylic acids is 1. The fourth-order valence-corrected chi connectivity index (χ4v) is 1.82. The number of hydrogen-bond donors (Lipinski definition) is 1. The van der Waals surface area contributed by atoms with E-state index in [1.54, 1.807) is 12.1 Å². The molecular formula is C12H6ClNO4. The Morgan fingerprint density at radius 2 is 2.17 bits per heavy atom. The number of carboxylic acid groups (broad SMARTS) is 1. The average molecular weight is 264 g/mol. The Kier molecular flexibility index (Phi) is 2.34. The lowest BCUT2D eigenvalue weighted by Crippen LogP contribution is -1.94. The van der Waals surface area contributed by atoms with Gasteiger partial charge in [0.05, 0.1) is 17.4 Å². The Bertz CT molecular complexity index is 743. The van der Waals surface area contributed by atoms with Crippen LogP contribution in [0.25, 0.3) is 22.6 Å². The predicted molar refractivity (Wildman–Crippen MR) is 63.7 cm³/mol. The predicted octanol–water partition coefficient (Wildman–Crippen LogP) is 3.44. The van der Waals surface area contributed by atoms with Crippen molar-refractivity contribution in [2.45, 2.75) is 0 Å². The smallest absolute Gasteiger partial charge is 0.335 e. The van der Waals surface area contributed by atoms with Crippen LogP contribution in [0.3, 0.4) is 0 Å². The van der Waals surface area contributed by atoms with Gasteiger partial charge in [-0.1, -0.05) is 0 Å². The van der Waals surface area contributed by atoms with E-state index in [-0.39, 0.29) is 10.8 Å². The fourth-order valence-electron chi connectivity index (χ4n) is 1.62. The summed E-state index contributed by atoms with van der Waals surface area (Å²) in [7, 11) is 0. The summed E-state index contributed by atoms with van der Waals surface area (Å²) in [6.45, 7) is 0. The second-order valence-corrected chi connectivity index (χ2v) is 3.96. The van der Waals surface area contributed by atoms with Gasteiger partial charge in [-0.05, 0) is 35.9 Å². The largest absolute Gasteiger partial charge is 0.478 e. The summed E-state index contributed by atoms with van der Waals surface area (Å²) < 4.78 is 10.4. The van der Waals surface area contributed by atoms with Gasteiger partial charge in [-0.15, -0.1) is 0 Å². The zero-order chi connectivity index (χ0) is 12.7. The number of nitrogens with zero attached hydrogens (tertiary/aromatic N) is 1. The standard InChI is InChI=1S/C12H6ClNO4/c13-10-7(3-4-17-10)11-14-8-5-6(12(15)16)1-2-9(8)18-11/h1-5H,(H,15,16). The molecule has 1 aromatic carbocycles. The van der Waals surface area contributed by atoms with Crippen LogP contribution >= 0.6 is 11.6 Å². The Hall–Kier alpha value is -2.27. The molecule has 0 aliphatic rings. The van der Waals surface area contributed by atoms with Gasteiger partial charge in [-0.25, -0.2) is 9.78 Å². The molecule has 0 fully saturated rings. The normalized spacial score (nSPS) is 10.9. The summed E-state index contributed by atoms with van der Waals surface area (Å²) in [5.41, 5.74) is 1.64. The number of aromatic nitrogens is 1. The van der Waals surface area contributed by atoms with Gasteiger partial charge in [0.1, 0.15) is 5.52 Å². The number of furan rings is 1. The number of rotatable bonds is 2. The lowest BCUT2D eigenvalue weighted by molar-refractivity contribution is 0.0697. The zero-order valence-corrected chi connectivity index (χ0v) is 9.64. The Morgan fingerprint density at radius 3 is 2.83 bits per heavy atom. The van der Waals surface area contributed by atoms with Crippen LogP contribution in [0.15, 0.2) is 39.4 Å². The minimum Gasteiger partial charge on any atom is -0.478 e.